The number of hydrogen-bond acceptors (Lipinski definition) is 5. The van der Waals surface area contributed by atoms with Crippen molar-refractivity contribution in [1.29, 1.82) is 0 Å². The van der Waals surface area contributed by atoms with Crippen molar-refractivity contribution < 1.29 is 4.42 Å². The molecule has 0 fully saturated rings. The number of nitrogens with zero attached hydrogens (tertiary/aromatic N) is 4. The Morgan fingerprint density at radius 2 is 0.818 bits per heavy atom. The quantitative estimate of drug-likeness (QED) is 0.165. The molecule has 0 saturated carbocycles. The third kappa shape index (κ3) is 6.14. The molecule has 0 aliphatic rings. The van der Waals surface area contributed by atoms with Gasteiger partial charge in [0.15, 0.2) is 17.5 Å². The van der Waals surface area contributed by atoms with Crippen LogP contribution < -0.4 is 0 Å². The number of fused-ring (bicyclic) bond motifs is 3. The number of pyridine rings is 1. The Bertz CT molecular complexity index is 2850. The second-order valence-corrected chi connectivity index (χ2v) is 13.4. The van der Waals surface area contributed by atoms with E-state index in [2.05, 4.69) is 91.0 Å². The number of para-hydroxylation sites is 2. The van der Waals surface area contributed by atoms with E-state index in [4.69, 9.17) is 24.4 Å². The minimum Gasteiger partial charge on any atom is -0.455 e. The van der Waals surface area contributed by atoms with Crippen LogP contribution in [-0.2, 0) is 0 Å². The van der Waals surface area contributed by atoms with Crippen molar-refractivity contribution in [2.75, 3.05) is 0 Å². The van der Waals surface area contributed by atoms with Gasteiger partial charge in [0.05, 0.1) is 11.4 Å². The first kappa shape index (κ1) is 32.2. The molecule has 7 aromatic carbocycles. The molecule has 3 aromatic heterocycles. The molecule has 5 heteroatoms. The molecule has 0 radical (unpaired) electrons. The van der Waals surface area contributed by atoms with Gasteiger partial charge in [-0.3, -0.25) is 0 Å². The summed E-state index contributed by atoms with van der Waals surface area (Å²) in [5.41, 5.74) is 12.1. The molecular formula is C50H32N4O. The van der Waals surface area contributed by atoms with Crippen molar-refractivity contribution in [3.8, 4) is 78.9 Å². The smallest absolute Gasteiger partial charge is 0.164 e. The molecule has 3 heterocycles. The van der Waals surface area contributed by atoms with E-state index in [1.165, 1.54) is 0 Å². The van der Waals surface area contributed by atoms with Gasteiger partial charge >= 0.3 is 0 Å². The maximum Gasteiger partial charge on any atom is 0.164 e. The predicted octanol–water partition coefficient (Wildman–Crippen LogP) is 12.8. The number of benzene rings is 7. The normalized spacial score (nSPS) is 11.3. The summed E-state index contributed by atoms with van der Waals surface area (Å²) < 4.78 is 6.59. The summed E-state index contributed by atoms with van der Waals surface area (Å²) in [6, 6.07) is 66.2. The lowest BCUT2D eigenvalue weighted by molar-refractivity contribution is 0.670. The van der Waals surface area contributed by atoms with Crippen LogP contribution >= 0.6 is 0 Å². The molecule has 10 aromatic rings. The first-order valence-electron chi connectivity index (χ1n) is 18.3. The van der Waals surface area contributed by atoms with Gasteiger partial charge in [0.2, 0.25) is 0 Å². The van der Waals surface area contributed by atoms with Crippen LogP contribution in [0.1, 0.15) is 0 Å². The maximum absolute atomic E-state index is 6.59. The summed E-state index contributed by atoms with van der Waals surface area (Å²) in [5.74, 6) is 1.75. The highest BCUT2D eigenvalue weighted by molar-refractivity contribution is 6.10. The zero-order valence-electron chi connectivity index (χ0n) is 29.7. The third-order valence-electron chi connectivity index (χ3n) is 9.95. The Hall–Kier alpha value is -7.50. The highest BCUT2D eigenvalue weighted by Crippen LogP contribution is 2.42. The number of rotatable bonds is 7. The van der Waals surface area contributed by atoms with Crippen molar-refractivity contribution in [2.24, 2.45) is 0 Å². The summed E-state index contributed by atoms with van der Waals surface area (Å²) in [4.78, 5) is 20.7. The molecule has 0 amide bonds. The van der Waals surface area contributed by atoms with Crippen LogP contribution in [-0.4, -0.2) is 19.9 Å². The first-order chi connectivity index (χ1) is 27.2. The molecule has 0 aliphatic carbocycles. The van der Waals surface area contributed by atoms with Gasteiger partial charge in [-0.2, -0.15) is 0 Å². The molecule has 0 N–H and O–H groups in total. The van der Waals surface area contributed by atoms with Gasteiger partial charge in [0, 0.05) is 44.2 Å². The Kier molecular flexibility index (Phi) is 8.08. The number of furan rings is 1. The van der Waals surface area contributed by atoms with Crippen molar-refractivity contribution in [3.05, 3.63) is 194 Å². The topological polar surface area (TPSA) is 64.7 Å². The van der Waals surface area contributed by atoms with Gasteiger partial charge in [-0.1, -0.05) is 170 Å². The van der Waals surface area contributed by atoms with E-state index in [0.717, 1.165) is 83.4 Å². The third-order valence-corrected chi connectivity index (χ3v) is 9.95. The molecule has 0 spiro atoms. The number of aromatic nitrogens is 4. The molecule has 0 bridgehead atoms. The van der Waals surface area contributed by atoms with E-state index in [0.29, 0.717) is 17.5 Å². The van der Waals surface area contributed by atoms with E-state index in [9.17, 15) is 0 Å². The Morgan fingerprint density at radius 1 is 0.291 bits per heavy atom. The lowest BCUT2D eigenvalue weighted by atomic mass is 9.93. The minimum absolute atomic E-state index is 0.556. The Balaban J connectivity index is 1.25. The van der Waals surface area contributed by atoms with E-state index in [-0.39, 0.29) is 0 Å². The van der Waals surface area contributed by atoms with Crippen LogP contribution in [0.2, 0.25) is 0 Å². The lowest BCUT2D eigenvalue weighted by Crippen LogP contribution is -2.01. The summed E-state index contributed by atoms with van der Waals surface area (Å²) in [6.45, 7) is 0. The fraction of sp³-hybridized carbons (Fsp3) is 0. The Labute approximate surface area is 318 Å². The van der Waals surface area contributed by atoms with Crippen molar-refractivity contribution in [2.45, 2.75) is 0 Å². The highest BCUT2D eigenvalue weighted by Gasteiger charge is 2.21. The summed E-state index contributed by atoms with van der Waals surface area (Å²) in [5, 5.41) is 2.13. The summed E-state index contributed by atoms with van der Waals surface area (Å²) >= 11 is 0. The fourth-order valence-electron chi connectivity index (χ4n) is 7.24. The molecule has 5 nitrogen and oxygen atoms in total. The lowest BCUT2D eigenvalue weighted by Gasteiger charge is -2.15. The van der Waals surface area contributed by atoms with E-state index in [1.54, 1.807) is 0 Å². The van der Waals surface area contributed by atoms with Gasteiger partial charge in [0.1, 0.15) is 11.2 Å². The van der Waals surface area contributed by atoms with E-state index >= 15 is 0 Å². The van der Waals surface area contributed by atoms with Gasteiger partial charge in [-0.15, -0.1) is 0 Å². The first-order valence-corrected chi connectivity index (χ1v) is 18.3. The van der Waals surface area contributed by atoms with Crippen LogP contribution in [0.3, 0.4) is 0 Å². The average molecular weight is 705 g/mol. The Morgan fingerprint density at radius 3 is 1.47 bits per heavy atom. The van der Waals surface area contributed by atoms with E-state index < -0.39 is 0 Å². The maximum atomic E-state index is 6.59. The SMILES string of the molecule is c1ccc(-c2cc(-c3ccccc3)nc(-c3ccc(-c4cccc5c4oc4ccccc45)c(-c4nc(-c5ccccc5)nc(-c5ccccc5)n4)c3)c2)cc1. The van der Waals surface area contributed by atoms with Gasteiger partial charge < -0.3 is 4.42 Å². The number of hydrogen-bond donors (Lipinski definition) is 0. The fourth-order valence-corrected chi connectivity index (χ4v) is 7.24. The van der Waals surface area contributed by atoms with Crippen molar-refractivity contribution in [1.82, 2.24) is 19.9 Å². The largest absolute Gasteiger partial charge is 0.455 e. The molecule has 258 valence electrons. The highest BCUT2D eigenvalue weighted by atomic mass is 16.3. The van der Waals surface area contributed by atoms with Gasteiger partial charge in [0.25, 0.3) is 0 Å². The average Bonchev–Trinajstić information content (AvgIpc) is 3.66. The molecule has 0 unspecified atom stereocenters. The second-order valence-electron chi connectivity index (χ2n) is 13.4. The zero-order valence-corrected chi connectivity index (χ0v) is 29.7. The molecule has 0 aliphatic heterocycles. The van der Waals surface area contributed by atoms with E-state index in [1.807, 2.05) is 103 Å². The standard InChI is InChI=1S/C50H32N4O/c1-5-16-33(17-6-1)38-31-44(34-18-7-2-8-19-34)51-45(32-38)37-28-29-39(41-25-15-26-42-40-24-13-14-27-46(40)55-47(41)42)43(30-37)50-53-48(35-20-9-3-10-21-35)52-49(54-50)36-22-11-4-12-23-36/h1-32H. The monoisotopic (exact) mass is 704 g/mol. The molecular weight excluding hydrogens is 673 g/mol. The molecule has 0 saturated heterocycles. The van der Waals surface area contributed by atoms with Crippen LogP contribution in [0.4, 0.5) is 0 Å². The van der Waals surface area contributed by atoms with Crippen molar-refractivity contribution >= 4 is 21.9 Å². The minimum atomic E-state index is 0.556. The van der Waals surface area contributed by atoms with Crippen LogP contribution in [0.15, 0.2) is 199 Å². The van der Waals surface area contributed by atoms with Crippen LogP contribution in [0, 0.1) is 0 Å². The molecule has 55 heavy (non-hydrogen) atoms. The van der Waals surface area contributed by atoms with Gasteiger partial charge in [-0.05, 0) is 41.0 Å². The second kappa shape index (κ2) is 13.8. The molecule has 0 atom stereocenters. The summed E-state index contributed by atoms with van der Waals surface area (Å²) in [6.07, 6.45) is 0. The zero-order chi connectivity index (χ0) is 36.6. The summed E-state index contributed by atoms with van der Waals surface area (Å²) in [7, 11) is 0. The molecule has 10 rings (SSSR count). The van der Waals surface area contributed by atoms with Crippen LogP contribution in [0.25, 0.3) is 101 Å². The van der Waals surface area contributed by atoms with Crippen LogP contribution in [0.5, 0.6) is 0 Å². The van der Waals surface area contributed by atoms with Crippen molar-refractivity contribution in [3.63, 3.8) is 0 Å². The predicted molar refractivity (Wildman–Crippen MR) is 223 cm³/mol. The van der Waals surface area contributed by atoms with Gasteiger partial charge in [-0.25, -0.2) is 19.9 Å².